The zero-order chi connectivity index (χ0) is 14.3. The Labute approximate surface area is 117 Å². The molecule has 0 aromatic rings. The maximum atomic E-state index is 13.6. The molecule has 6 atom stereocenters. The van der Waals surface area contributed by atoms with Gasteiger partial charge in [0.2, 0.25) is 0 Å². The van der Waals surface area contributed by atoms with Gasteiger partial charge < -0.3 is 0 Å². The van der Waals surface area contributed by atoms with Crippen molar-refractivity contribution in [1.29, 1.82) is 0 Å². The highest BCUT2D eigenvalue weighted by Crippen LogP contribution is 2.77. The highest BCUT2D eigenvalue weighted by molar-refractivity contribution is 7.86. The summed E-state index contributed by atoms with van der Waals surface area (Å²) in [5, 5.41) is -3.98. The summed E-state index contributed by atoms with van der Waals surface area (Å²) in [5.41, 5.74) is 0.256. The lowest BCUT2D eigenvalue weighted by Crippen LogP contribution is -2.56. The number of hydrogen-bond donors (Lipinski definition) is 1. The molecule has 4 aliphatic rings. The van der Waals surface area contributed by atoms with E-state index in [2.05, 4.69) is 0 Å². The van der Waals surface area contributed by atoms with Crippen molar-refractivity contribution in [3.05, 3.63) is 0 Å². The molecule has 0 aromatic heterocycles. The average molecular weight is 306 g/mol. The third-order valence-electron chi connectivity index (χ3n) is 6.89. The van der Waals surface area contributed by atoms with Gasteiger partial charge in [-0.3, -0.25) is 4.55 Å². The van der Waals surface area contributed by atoms with Crippen molar-refractivity contribution in [2.45, 2.75) is 50.2 Å². The molecular formula is C14H20F2O3S. The largest absolute Gasteiger partial charge is 0.370 e. The first-order valence-corrected chi connectivity index (χ1v) is 9.03. The van der Waals surface area contributed by atoms with E-state index >= 15 is 0 Å². The fraction of sp³-hybridized carbons (Fsp3) is 1.00. The maximum absolute atomic E-state index is 13.6. The number of halogens is 2. The number of fused-ring (bicyclic) bond motifs is 5. The molecular weight excluding hydrogens is 286 g/mol. The smallest absolute Gasteiger partial charge is 0.281 e. The predicted octanol–water partition coefficient (Wildman–Crippen LogP) is 3.32. The Balaban J connectivity index is 1.56. The van der Waals surface area contributed by atoms with Gasteiger partial charge in [-0.25, -0.2) is 0 Å². The van der Waals surface area contributed by atoms with Crippen LogP contribution in [-0.2, 0) is 10.1 Å². The van der Waals surface area contributed by atoms with Gasteiger partial charge in [0.25, 0.3) is 0 Å². The Hall–Kier alpha value is -0.230. The van der Waals surface area contributed by atoms with Gasteiger partial charge in [-0.1, -0.05) is 12.8 Å². The molecule has 0 saturated heterocycles. The van der Waals surface area contributed by atoms with Crippen molar-refractivity contribution in [1.82, 2.24) is 0 Å². The van der Waals surface area contributed by atoms with E-state index in [1.165, 1.54) is 19.3 Å². The summed E-state index contributed by atoms with van der Waals surface area (Å²) in [6.45, 7) is 0. The minimum Gasteiger partial charge on any atom is -0.281 e. The van der Waals surface area contributed by atoms with Crippen LogP contribution in [0.3, 0.4) is 0 Å². The van der Waals surface area contributed by atoms with Crippen molar-refractivity contribution in [3.8, 4) is 0 Å². The second-order valence-electron chi connectivity index (χ2n) is 7.53. The minimum absolute atomic E-state index is 0.229. The van der Waals surface area contributed by atoms with Crippen LogP contribution in [0.2, 0.25) is 0 Å². The molecule has 0 amide bonds. The van der Waals surface area contributed by atoms with Crippen LogP contribution in [0.25, 0.3) is 0 Å². The first kappa shape index (κ1) is 13.4. The van der Waals surface area contributed by atoms with Crippen molar-refractivity contribution < 1.29 is 21.8 Å². The molecule has 4 aliphatic carbocycles. The second-order valence-corrected chi connectivity index (χ2v) is 9.08. The second kappa shape index (κ2) is 3.75. The van der Waals surface area contributed by atoms with Gasteiger partial charge in [-0.2, -0.15) is 17.2 Å². The molecule has 4 bridgehead atoms. The van der Waals surface area contributed by atoms with Crippen LogP contribution in [0.5, 0.6) is 0 Å². The van der Waals surface area contributed by atoms with E-state index < -0.39 is 21.8 Å². The van der Waals surface area contributed by atoms with E-state index in [1.807, 2.05) is 0 Å². The summed E-state index contributed by atoms with van der Waals surface area (Å²) >= 11 is 0. The van der Waals surface area contributed by atoms with E-state index in [0.29, 0.717) is 5.92 Å². The van der Waals surface area contributed by atoms with Gasteiger partial charge in [0.1, 0.15) is 0 Å². The normalized spacial score (nSPS) is 49.9. The van der Waals surface area contributed by atoms with Gasteiger partial charge >= 0.3 is 15.4 Å². The van der Waals surface area contributed by atoms with Crippen molar-refractivity contribution in [2.75, 3.05) is 0 Å². The maximum Gasteiger partial charge on any atom is 0.370 e. The number of alkyl halides is 2. The molecule has 0 radical (unpaired) electrons. The first-order valence-electron chi connectivity index (χ1n) is 7.59. The monoisotopic (exact) mass is 306 g/mol. The molecule has 0 heterocycles. The summed E-state index contributed by atoms with van der Waals surface area (Å²) in [6.07, 6.45) is 5.86. The Morgan fingerprint density at radius 3 is 2.65 bits per heavy atom. The number of rotatable bonds is 3. The highest BCUT2D eigenvalue weighted by Gasteiger charge is 2.70. The Kier molecular flexibility index (Phi) is 2.52. The Morgan fingerprint density at radius 2 is 2.00 bits per heavy atom. The van der Waals surface area contributed by atoms with Crippen molar-refractivity contribution in [3.63, 3.8) is 0 Å². The Bertz CT molecular complexity index is 543. The lowest BCUT2D eigenvalue weighted by molar-refractivity contribution is -0.150. The SMILES string of the molecule is O=S(=O)(O)C(F)(F)CC1CC2CC1C13CCCC(C1)C23. The topological polar surface area (TPSA) is 54.4 Å². The molecule has 1 spiro atoms. The van der Waals surface area contributed by atoms with E-state index in [0.717, 1.165) is 31.1 Å². The first-order chi connectivity index (χ1) is 9.25. The van der Waals surface area contributed by atoms with E-state index in [-0.39, 0.29) is 17.3 Å². The lowest BCUT2D eigenvalue weighted by Gasteiger charge is -2.63. The summed E-state index contributed by atoms with van der Waals surface area (Å²) < 4.78 is 57.6. The number of hydrogen-bond acceptors (Lipinski definition) is 2. The zero-order valence-electron chi connectivity index (χ0n) is 11.3. The molecule has 114 valence electrons. The summed E-state index contributed by atoms with van der Waals surface area (Å²) in [5.74, 6) is 2.11. The molecule has 4 saturated carbocycles. The zero-order valence-corrected chi connectivity index (χ0v) is 12.1. The van der Waals surface area contributed by atoms with E-state index in [4.69, 9.17) is 4.55 Å². The molecule has 1 N–H and O–H groups in total. The quantitative estimate of drug-likeness (QED) is 0.814. The van der Waals surface area contributed by atoms with Crippen LogP contribution in [0.15, 0.2) is 0 Å². The van der Waals surface area contributed by atoms with Crippen LogP contribution in [0.4, 0.5) is 8.78 Å². The Morgan fingerprint density at radius 1 is 1.25 bits per heavy atom. The standard InChI is InChI=1S/C14H20F2O3S/c15-14(16,20(17,18)19)7-10-4-9-5-11(10)13-3-1-2-8(6-13)12(9)13/h8-12H,1-7H2,(H,17,18,19). The van der Waals surface area contributed by atoms with Crippen molar-refractivity contribution >= 4 is 10.1 Å². The van der Waals surface area contributed by atoms with E-state index in [9.17, 15) is 17.2 Å². The van der Waals surface area contributed by atoms with Crippen LogP contribution < -0.4 is 0 Å². The van der Waals surface area contributed by atoms with Gasteiger partial charge in [0, 0.05) is 6.42 Å². The summed E-state index contributed by atoms with van der Waals surface area (Å²) in [7, 11) is -5.28. The van der Waals surface area contributed by atoms with Gasteiger partial charge in [-0.05, 0) is 60.7 Å². The molecule has 0 aromatic carbocycles. The average Bonchev–Trinajstić information content (AvgIpc) is 2.80. The molecule has 20 heavy (non-hydrogen) atoms. The highest BCUT2D eigenvalue weighted by atomic mass is 32.2. The lowest BCUT2D eigenvalue weighted by atomic mass is 9.41. The molecule has 3 nitrogen and oxygen atoms in total. The van der Waals surface area contributed by atoms with Crippen molar-refractivity contribution in [2.24, 2.45) is 35.0 Å². The van der Waals surface area contributed by atoms with E-state index in [1.54, 1.807) is 0 Å². The molecule has 6 unspecified atom stereocenters. The van der Waals surface area contributed by atoms with Crippen LogP contribution >= 0.6 is 0 Å². The van der Waals surface area contributed by atoms with Gasteiger partial charge in [0.05, 0.1) is 0 Å². The molecule has 0 aliphatic heterocycles. The van der Waals surface area contributed by atoms with Gasteiger partial charge in [-0.15, -0.1) is 0 Å². The van der Waals surface area contributed by atoms with Gasteiger partial charge in [0.15, 0.2) is 0 Å². The van der Waals surface area contributed by atoms with Crippen LogP contribution in [0, 0.1) is 35.0 Å². The molecule has 4 fully saturated rings. The van der Waals surface area contributed by atoms with Crippen LogP contribution in [0.1, 0.15) is 44.9 Å². The fourth-order valence-electron chi connectivity index (χ4n) is 6.54. The summed E-state index contributed by atoms with van der Waals surface area (Å²) in [4.78, 5) is 0. The third kappa shape index (κ3) is 1.50. The predicted molar refractivity (Wildman–Crippen MR) is 68.7 cm³/mol. The molecule has 4 rings (SSSR count). The fourth-order valence-corrected chi connectivity index (χ4v) is 6.97. The third-order valence-corrected chi connectivity index (χ3v) is 7.81. The summed E-state index contributed by atoms with van der Waals surface area (Å²) in [6, 6.07) is 0. The van der Waals surface area contributed by atoms with Crippen LogP contribution in [-0.4, -0.2) is 18.2 Å². The minimum atomic E-state index is -5.28. The molecule has 6 heteroatoms.